The highest BCUT2D eigenvalue weighted by atomic mass is 16.2. The molecule has 0 spiro atoms. The monoisotopic (exact) mass is 291 g/mol. The summed E-state index contributed by atoms with van der Waals surface area (Å²) in [6.45, 7) is 10.2. The van der Waals surface area contributed by atoms with Crippen LogP contribution in [0, 0.1) is 0 Å². The fourth-order valence-electron chi connectivity index (χ4n) is 2.45. The van der Waals surface area contributed by atoms with Gasteiger partial charge >= 0.3 is 0 Å². The molecule has 0 atom stereocenters. The molecule has 6 nitrogen and oxygen atoms in total. The van der Waals surface area contributed by atoms with E-state index in [1.807, 2.05) is 0 Å². The summed E-state index contributed by atoms with van der Waals surface area (Å²) in [6, 6.07) is -0.432. The predicted molar refractivity (Wildman–Crippen MR) is 80.2 cm³/mol. The van der Waals surface area contributed by atoms with E-state index in [1.54, 1.807) is 0 Å². The average molecular weight is 291 g/mol. The van der Waals surface area contributed by atoms with Crippen LogP contribution in [0.1, 0.15) is 19.3 Å². The Balaban J connectivity index is 2.71. The summed E-state index contributed by atoms with van der Waals surface area (Å²) in [4.78, 5) is 34.2. The topological polar surface area (TPSA) is 87.3 Å². The van der Waals surface area contributed by atoms with Gasteiger partial charge in [-0.1, -0.05) is 19.7 Å². The predicted octanol–water partition coefficient (Wildman–Crippen LogP) is 0.183. The molecule has 1 rings (SSSR count). The van der Waals surface area contributed by atoms with Gasteiger partial charge in [-0.25, -0.2) is 0 Å². The molecule has 3 amide bonds. The summed E-state index contributed by atoms with van der Waals surface area (Å²) in [6.07, 6.45) is 5.38. The van der Waals surface area contributed by atoms with Gasteiger partial charge in [0.15, 0.2) is 0 Å². The number of hydrogen-bond donors (Lipinski definition) is 3. The van der Waals surface area contributed by atoms with Crippen molar-refractivity contribution in [2.45, 2.75) is 37.4 Å². The van der Waals surface area contributed by atoms with Crippen molar-refractivity contribution in [2.24, 2.45) is 0 Å². The molecule has 1 aliphatic carbocycles. The highest BCUT2D eigenvalue weighted by molar-refractivity contribution is 5.88. The van der Waals surface area contributed by atoms with Gasteiger partial charge in [0, 0.05) is 18.1 Å². The molecule has 0 aromatic heterocycles. The maximum Gasteiger partial charge on any atom is 0.243 e. The first kappa shape index (κ1) is 16.7. The van der Waals surface area contributed by atoms with E-state index in [0.29, 0.717) is 19.3 Å². The minimum Gasteiger partial charge on any atom is -0.350 e. The molecule has 1 saturated carbocycles. The second-order valence-electron chi connectivity index (χ2n) is 4.94. The summed E-state index contributed by atoms with van der Waals surface area (Å²) in [5.41, 5.74) is 0. The first-order valence-corrected chi connectivity index (χ1v) is 6.77. The zero-order chi connectivity index (χ0) is 15.8. The highest BCUT2D eigenvalue weighted by Crippen LogP contribution is 2.20. The van der Waals surface area contributed by atoms with E-state index in [9.17, 15) is 14.4 Å². The van der Waals surface area contributed by atoms with Gasteiger partial charge in [-0.05, 0) is 37.5 Å². The van der Waals surface area contributed by atoms with E-state index in [-0.39, 0.29) is 35.8 Å². The molecule has 1 aliphatic rings. The Morgan fingerprint density at radius 3 is 1.10 bits per heavy atom. The van der Waals surface area contributed by atoms with Gasteiger partial charge in [0.1, 0.15) is 0 Å². The lowest BCUT2D eigenvalue weighted by Gasteiger charge is -2.35. The van der Waals surface area contributed by atoms with Crippen molar-refractivity contribution < 1.29 is 14.4 Å². The van der Waals surface area contributed by atoms with E-state index >= 15 is 0 Å². The SMILES string of the molecule is C=CC(=O)NC1CC(NC(=O)C=C)CC(NC(=O)C=C)C1. The lowest BCUT2D eigenvalue weighted by molar-refractivity contribution is -0.117. The van der Waals surface area contributed by atoms with Crippen LogP contribution in [0.3, 0.4) is 0 Å². The number of hydrogen-bond acceptors (Lipinski definition) is 3. The Labute approximate surface area is 124 Å². The molecule has 0 bridgehead atoms. The molecule has 114 valence electrons. The van der Waals surface area contributed by atoms with Gasteiger partial charge in [0.2, 0.25) is 17.7 Å². The Bertz CT molecular complexity index is 387. The van der Waals surface area contributed by atoms with Gasteiger partial charge in [-0.3, -0.25) is 14.4 Å². The summed E-state index contributed by atoms with van der Waals surface area (Å²) < 4.78 is 0. The molecule has 0 aromatic rings. The van der Waals surface area contributed by atoms with Crippen molar-refractivity contribution in [3.63, 3.8) is 0 Å². The third-order valence-electron chi connectivity index (χ3n) is 3.30. The van der Waals surface area contributed by atoms with Crippen LogP contribution in [-0.2, 0) is 14.4 Å². The Hall–Kier alpha value is -2.37. The second-order valence-corrected chi connectivity index (χ2v) is 4.94. The average Bonchev–Trinajstić information content (AvgIpc) is 2.46. The van der Waals surface area contributed by atoms with Crippen LogP contribution in [-0.4, -0.2) is 35.8 Å². The van der Waals surface area contributed by atoms with Crippen LogP contribution in [0.25, 0.3) is 0 Å². The quantitative estimate of drug-likeness (QED) is 0.610. The van der Waals surface area contributed by atoms with Crippen LogP contribution in [0.2, 0.25) is 0 Å². The maximum atomic E-state index is 11.4. The minimum absolute atomic E-state index is 0.144. The smallest absolute Gasteiger partial charge is 0.243 e. The van der Waals surface area contributed by atoms with E-state index in [0.717, 1.165) is 0 Å². The van der Waals surface area contributed by atoms with Crippen molar-refractivity contribution in [3.8, 4) is 0 Å². The van der Waals surface area contributed by atoms with Gasteiger partial charge < -0.3 is 16.0 Å². The molecule has 0 unspecified atom stereocenters. The lowest BCUT2D eigenvalue weighted by atomic mass is 9.86. The lowest BCUT2D eigenvalue weighted by Crippen LogP contribution is -2.53. The first-order valence-electron chi connectivity index (χ1n) is 6.77. The number of carbonyl (C=O) groups is 3. The fourth-order valence-corrected chi connectivity index (χ4v) is 2.45. The maximum absolute atomic E-state index is 11.4. The highest BCUT2D eigenvalue weighted by Gasteiger charge is 2.30. The zero-order valence-electron chi connectivity index (χ0n) is 11.9. The Kier molecular flexibility index (Phi) is 6.39. The van der Waals surface area contributed by atoms with Crippen molar-refractivity contribution >= 4 is 17.7 Å². The zero-order valence-corrected chi connectivity index (χ0v) is 11.9. The molecule has 0 aliphatic heterocycles. The van der Waals surface area contributed by atoms with E-state index in [2.05, 4.69) is 35.7 Å². The minimum atomic E-state index is -0.274. The number of rotatable bonds is 6. The molecule has 0 saturated heterocycles. The molecular weight excluding hydrogens is 270 g/mol. The van der Waals surface area contributed by atoms with Gasteiger partial charge in [-0.15, -0.1) is 0 Å². The molecule has 0 heterocycles. The normalized spacial score (nSPS) is 24.3. The third kappa shape index (κ3) is 5.64. The van der Waals surface area contributed by atoms with E-state index < -0.39 is 0 Å². The van der Waals surface area contributed by atoms with Crippen LogP contribution in [0.5, 0.6) is 0 Å². The van der Waals surface area contributed by atoms with Crippen LogP contribution in [0.4, 0.5) is 0 Å². The molecular formula is C15H21N3O3. The molecule has 0 aromatic carbocycles. The van der Waals surface area contributed by atoms with Gasteiger partial charge in [0.05, 0.1) is 0 Å². The summed E-state index contributed by atoms with van der Waals surface area (Å²) in [5.74, 6) is -0.821. The van der Waals surface area contributed by atoms with Crippen molar-refractivity contribution in [2.75, 3.05) is 0 Å². The third-order valence-corrected chi connectivity index (χ3v) is 3.30. The van der Waals surface area contributed by atoms with Gasteiger partial charge in [0.25, 0.3) is 0 Å². The molecule has 21 heavy (non-hydrogen) atoms. The summed E-state index contributed by atoms with van der Waals surface area (Å²) in [5, 5.41) is 8.40. The summed E-state index contributed by atoms with van der Waals surface area (Å²) >= 11 is 0. The number of carbonyl (C=O) groups excluding carboxylic acids is 3. The number of amides is 3. The second kappa shape index (κ2) is 8.04. The fraction of sp³-hybridized carbons (Fsp3) is 0.400. The Morgan fingerprint density at radius 2 is 0.905 bits per heavy atom. The van der Waals surface area contributed by atoms with E-state index in [4.69, 9.17) is 0 Å². The van der Waals surface area contributed by atoms with Crippen LogP contribution in [0.15, 0.2) is 38.0 Å². The van der Waals surface area contributed by atoms with Crippen LogP contribution < -0.4 is 16.0 Å². The molecule has 0 radical (unpaired) electrons. The molecule has 1 fully saturated rings. The molecule has 6 heteroatoms. The largest absolute Gasteiger partial charge is 0.350 e. The van der Waals surface area contributed by atoms with E-state index in [1.165, 1.54) is 18.2 Å². The van der Waals surface area contributed by atoms with Crippen molar-refractivity contribution in [1.29, 1.82) is 0 Å². The van der Waals surface area contributed by atoms with Gasteiger partial charge in [-0.2, -0.15) is 0 Å². The van der Waals surface area contributed by atoms with Crippen molar-refractivity contribution in [1.82, 2.24) is 16.0 Å². The van der Waals surface area contributed by atoms with Crippen molar-refractivity contribution in [3.05, 3.63) is 38.0 Å². The first-order chi connectivity index (χ1) is 9.98. The number of nitrogens with one attached hydrogen (secondary N) is 3. The Morgan fingerprint density at radius 1 is 0.667 bits per heavy atom. The molecule has 3 N–H and O–H groups in total. The van der Waals surface area contributed by atoms with Crippen LogP contribution >= 0.6 is 0 Å². The summed E-state index contributed by atoms with van der Waals surface area (Å²) in [7, 11) is 0. The standard InChI is InChI=1S/C15H21N3O3/c1-4-13(19)16-10-7-11(17-14(20)5-2)9-12(8-10)18-15(21)6-3/h4-6,10-12H,1-3,7-9H2,(H,16,19)(H,17,20)(H,18,21).